The highest BCUT2D eigenvalue weighted by Crippen LogP contribution is 2.05. The Morgan fingerprint density at radius 1 is 1.50 bits per heavy atom. The molecule has 6 nitrogen and oxygen atoms in total. The van der Waals surface area contributed by atoms with Crippen LogP contribution in [0.4, 0.5) is 5.69 Å². The SMILES string of the molecule is COCCN(C)c1cnn(CCNCC(C)C)c(=O)c1. The quantitative estimate of drug-likeness (QED) is 0.671. The largest absolute Gasteiger partial charge is 0.383 e. The number of methoxy groups -OCH3 is 1. The molecule has 0 radical (unpaired) electrons. The molecule has 0 spiro atoms. The van der Waals surface area contributed by atoms with Gasteiger partial charge in [-0.25, -0.2) is 4.68 Å². The molecular weight excluding hydrogens is 256 g/mol. The number of ether oxygens (including phenoxy) is 1. The molecule has 1 aromatic rings. The maximum Gasteiger partial charge on any atom is 0.268 e. The molecule has 0 aliphatic rings. The fourth-order valence-electron chi connectivity index (χ4n) is 1.73. The van der Waals surface area contributed by atoms with Gasteiger partial charge in [0.1, 0.15) is 0 Å². The van der Waals surface area contributed by atoms with E-state index in [0.29, 0.717) is 19.1 Å². The van der Waals surface area contributed by atoms with Gasteiger partial charge in [0.15, 0.2) is 0 Å². The molecule has 0 bridgehead atoms. The minimum absolute atomic E-state index is 0.0712. The summed E-state index contributed by atoms with van der Waals surface area (Å²) in [6.45, 7) is 7.96. The standard InChI is InChI=1S/C14H26N4O2/c1-12(2)10-15-5-6-18-14(19)9-13(11-16-18)17(3)7-8-20-4/h9,11-12,15H,5-8,10H2,1-4H3. The van der Waals surface area contributed by atoms with Gasteiger partial charge in [0, 0.05) is 33.3 Å². The van der Waals surface area contributed by atoms with E-state index in [1.54, 1.807) is 19.4 Å². The van der Waals surface area contributed by atoms with Gasteiger partial charge in [0.05, 0.1) is 25.0 Å². The molecule has 0 aliphatic carbocycles. The first-order valence-electron chi connectivity index (χ1n) is 7.02. The van der Waals surface area contributed by atoms with Gasteiger partial charge in [0.2, 0.25) is 0 Å². The Morgan fingerprint density at radius 3 is 2.85 bits per heavy atom. The zero-order chi connectivity index (χ0) is 15.0. The topological polar surface area (TPSA) is 59.4 Å². The summed E-state index contributed by atoms with van der Waals surface area (Å²) in [6.07, 6.45) is 1.72. The fourth-order valence-corrected chi connectivity index (χ4v) is 1.73. The Morgan fingerprint density at radius 2 is 2.25 bits per heavy atom. The molecule has 1 N–H and O–H groups in total. The van der Waals surface area contributed by atoms with Crippen LogP contribution in [0.2, 0.25) is 0 Å². The Kier molecular flexibility index (Phi) is 7.25. The smallest absolute Gasteiger partial charge is 0.268 e. The molecule has 1 heterocycles. The van der Waals surface area contributed by atoms with E-state index in [1.165, 1.54) is 4.68 Å². The van der Waals surface area contributed by atoms with Crippen molar-refractivity contribution in [3.63, 3.8) is 0 Å². The van der Waals surface area contributed by atoms with E-state index < -0.39 is 0 Å². The van der Waals surface area contributed by atoms with Crippen LogP contribution in [-0.2, 0) is 11.3 Å². The third kappa shape index (κ3) is 5.71. The molecular formula is C14H26N4O2. The maximum atomic E-state index is 12.0. The van der Waals surface area contributed by atoms with E-state index in [1.807, 2.05) is 11.9 Å². The van der Waals surface area contributed by atoms with Crippen LogP contribution in [0.3, 0.4) is 0 Å². The normalized spacial score (nSPS) is 11.1. The zero-order valence-electron chi connectivity index (χ0n) is 12.9. The first-order valence-corrected chi connectivity index (χ1v) is 7.02. The summed E-state index contributed by atoms with van der Waals surface area (Å²) in [6, 6.07) is 1.62. The summed E-state index contributed by atoms with van der Waals surface area (Å²) in [7, 11) is 3.58. The molecule has 0 fully saturated rings. The van der Waals surface area contributed by atoms with Crippen LogP contribution < -0.4 is 15.8 Å². The van der Waals surface area contributed by atoms with E-state index in [4.69, 9.17) is 4.74 Å². The van der Waals surface area contributed by atoms with E-state index in [-0.39, 0.29) is 5.56 Å². The summed E-state index contributed by atoms with van der Waals surface area (Å²) >= 11 is 0. The second-order valence-corrected chi connectivity index (χ2v) is 5.29. The molecule has 1 rings (SSSR count). The van der Waals surface area contributed by atoms with Crippen molar-refractivity contribution < 1.29 is 4.74 Å². The summed E-state index contributed by atoms with van der Waals surface area (Å²) < 4.78 is 6.51. The van der Waals surface area contributed by atoms with Crippen molar-refractivity contribution in [2.45, 2.75) is 20.4 Å². The highest BCUT2D eigenvalue weighted by atomic mass is 16.5. The number of hydrogen-bond donors (Lipinski definition) is 1. The van der Waals surface area contributed by atoms with Crippen molar-refractivity contribution in [3.8, 4) is 0 Å². The van der Waals surface area contributed by atoms with Crippen LogP contribution in [0.1, 0.15) is 13.8 Å². The Balaban J connectivity index is 2.53. The number of rotatable bonds is 9. The van der Waals surface area contributed by atoms with E-state index in [2.05, 4.69) is 24.3 Å². The van der Waals surface area contributed by atoms with Gasteiger partial charge in [-0.15, -0.1) is 0 Å². The van der Waals surface area contributed by atoms with Gasteiger partial charge in [-0.1, -0.05) is 13.8 Å². The number of nitrogens with zero attached hydrogens (tertiary/aromatic N) is 3. The lowest BCUT2D eigenvalue weighted by molar-refractivity contribution is 0.206. The average Bonchev–Trinajstić information content (AvgIpc) is 2.42. The van der Waals surface area contributed by atoms with Crippen LogP contribution in [-0.4, -0.2) is 50.2 Å². The first kappa shape index (κ1) is 16.7. The molecule has 1 aromatic heterocycles. The van der Waals surface area contributed by atoms with Crippen LogP contribution >= 0.6 is 0 Å². The molecule has 0 saturated heterocycles. The molecule has 0 atom stereocenters. The lowest BCUT2D eigenvalue weighted by Gasteiger charge is -2.18. The van der Waals surface area contributed by atoms with Crippen molar-refractivity contribution in [1.29, 1.82) is 0 Å². The van der Waals surface area contributed by atoms with Crippen molar-refractivity contribution in [2.75, 3.05) is 45.3 Å². The highest BCUT2D eigenvalue weighted by molar-refractivity contribution is 5.41. The van der Waals surface area contributed by atoms with Crippen molar-refractivity contribution in [1.82, 2.24) is 15.1 Å². The van der Waals surface area contributed by atoms with Crippen LogP contribution in [0.5, 0.6) is 0 Å². The fraction of sp³-hybridized carbons (Fsp3) is 0.714. The number of aromatic nitrogens is 2. The summed E-state index contributed by atoms with van der Waals surface area (Å²) in [5.41, 5.74) is 0.747. The van der Waals surface area contributed by atoms with Crippen molar-refractivity contribution >= 4 is 5.69 Å². The van der Waals surface area contributed by atoms with Crippen LogP contribution in [0, 0.1) is 5.92 Å². The van der Waals surface area contributed by atoms with Gasteiger partial charge >= 0.3 is 0 Å². The minimum Gasteiger partial charge on any atom is -0.383 e. The van der Waals surface area contributed by atoms with Crippen molar-refractivity contribution in [2.24, 2.45) is 5.92 Å². The molecule has 0 saturated carbocycles. The van der Waals surface area contributed by atoms with E-state index in [0.717, 1.165) is 25.3 Å². The van der Waals surface area contributed by atoms with Gasteiger partial charge in [-0.3, -0.25) is 4.79 Å². The van der Waals surface area contributed by atoms with E-state index in [9.17, 15) is 4.79 Å². The van der Waals surface area contributed by atoms with Gasteiger partial charge < -0.3 is 15.0 Å². The number of anilines is 1. The predicted octanol–water partition coefficient (Wildman–Crippen LogP) is 0.572. The summed E-state index contributed by atoms with van der Waals surface area (Å²) in [5.74, 6) is 0.608. The first-order chi connectivity index (χ1) is 9.54. The van der Waals surface area contributed by atoms with Gasteiger partial charge in [0.25, 0.3) is 5.56 Å². The summed E-state index contributed by atoms with van der Waals surface area (Å²) in [4.78, 5) is 13.9. The lowest BCUT2D eigenvalue weighted by Crippen LogP contribution is -2.31. The third-order valence-electron chi connectivity index (χ3n) is 2.98. The summed E-state index contributed by atoms with van der Waals surface area (Å²) in [5, 5.41) is 7.50. The number of hydrogen-bond acceptors (Lipinski definition) is 5. The van der Waals surface area contributed by atoms with Gasteiger partial charge in [-0.05, 0) is 12.5 Å². The molecule has 0 amide bonds. The second-order valence-electron chi connectivity index (χ2n) is 5.29. The predicted molar refractivity (Wildman–Crippen MR) is 81.4 cm³/mol. The maximum absolute atomic E-state index is 12.0. The third-order valence-corrected chi connectivity index (χ3v) is 2.98. The van der Waals surface area contributed by atoms with E-state index >= 15 is 0 Å². The van der Waals surface area contributed by atoms with Gasteiger partial charge in [-0.2, -0.15) is 5.10 Å². The zero-order valence-corrected chi connectivity index (χ0v) is 12.9. The minimum atomic E-state index is -0.0712. The number of nitrogens with one attached hydrogen (secondary N) is 1. The van der Waals surface area contributed by atoms with Crippen LogP contribution in [0.15, 0.2) is 17.1 Å². The second kappa shape index (κ2) is 8.71. The molecule has 6 heteroatoms. The Labute approximate surface area is 120 Å². The Bertz CT molecular complexity index is 445. The van der Waals surface area contributed by atoms with Crippen molar-refractivity contribution in [3.05, 3.63) is 22.6 Å². The van der Waals surface area contributed by atoms with Crippen LogP contribution in [0.25, 0.3) is 0 Å². The molecule has 0 unspecified atom stereocenters. The monoisotopic (exact) mass is 282 g/mol. The average molecular weight is 282 g/mol. The Hall–Kier alpha value is -1.40. The molecule has 0 aliphatic heterocycles. The molecule has 0 aromatic carbocycles. The highest BCUT2D eigenvalue weighted by Gasteiger charge is 2.04. The number of likely N-dealkylation sites (N-methyl/N-ethyl adjacent to an activating group) is 1. The molecule has 20 heavy (non-hydrogen) atoms. The lowest BCUT2D eigenvalue weighted by atomic mass is 10.2. The molecule has 114 valence electrons.